The largest absolute Gasteiger partial charge is 0.458 e. The lowest BCUT2D eigenvalue weighted by Crippen LogP contribution is -2.56. The van der Waals surface area contributed by atoms with E-state index in [4.69, 9.17) is 4.74 Å². The second kappa shape index (κ2) is 6.02. The van der Waals surface area contributed by atoms with E-state index in [1.54, 1.807) is 20.8 Å². The quantitative estimate of drug-likeness (QED) is 0.767. The molecule has 0 aromatic carbocycles. The topological polar surface area (TPSA) is 67.4 Å². The second-order valence-electron chi connectivity index (χ2n) is 8.18. The summed E-state index contributed by atoms with van der Waals surface area (Å²) in [7, 11) is 0. The number of carbonyl (C=O) groups excluding carboxylic acids is 2. The molecular formula is C15H30N2O3. The Labute approximate surface area is 122 Å². The molecular weight excluding hydrogens is 256 g/mol. The number of ether oxygens (including phenoxy) is 1. The van der Waals surface area contributed by atoms with Gasteiger partial charge < -0.3 is 15.4 Å². The number of nitrogens with one attached hydrogen (secondary N) is 2. The first-order chi connectivity index (χ1) is 8.62. The van der Waals surface area contributed by atoms with Crippen molar-refractivity contribution < 1.29 is 14.3 Å². The zero-order chi connectivity index (χ0) is 16.4. The molecule has 0 radical (unpaired) electrons. The molecule has 2 N–H and O–H groups in total. The lowest BCUT2D eigenvalue weighted by Gasteiger charge is -2.33. The van der Waals surface area contributed by atoms with Crippen molar-refractivity contribution in [3.63, 3.8) is 0 Å². The molecule has 1 atom stereocenters. The van der Waals surface area contributed by atoms with Gasteiger partial charge in [-0.1, -0.05) is 20.8 Å². The van der Waals surface area contributed by atoms with Crippen LogP contribution in [-0.2, 0) is 9.53 Å². The Morgan fingerprint density at radius 1 is 0.900 bits per heavy atom. The zero-order valence-corrected chi connectivity index (χ0v) is 14.3. The van der Waals surface area contributed by atoms with Gasteiger partial charge in [-0.25, -0.2) is 9.59 Å². The third-order valence-corrected chi connectivity index (χ3v) is 2.27. The van der Waals surface area contributed by atoms with Crippen molar-refractivity contribution in [2.45, 2.75) is 79.5 Å². The van der Waals surface area contributed by atoms with E-state index in [0.717, 1.165) is 0 Å². The monoisotopic (exact) mass is 286 g/mol. The Kier molecular flexibility index (Phi) is 5.64. The number of esters is 1. The number of amides is 2. The van der Waals surface area contributed by atoms with Gasteiger partial charge in [0, 0.05) is 5.54 Å². The van der Waals surface area contributed by atoms with Crippen molar-refractivity contribution in [2.24, 2.45) is 5.41 Å². The highest BCUT2D eigenvalue weighted by Crippen LogP contribution is 2.22. The van der Waals surface area contributed by atoms with Gasteiger partial charge in [-0.3, -0.25) is 0 Å². The maximum Gasteiger partial charge on any atom is 0.329 e. The SMILES string of the molecule is CC(C)(C)NC(=O)N[C@@H](C(=O)OC(C)(C)C)C(C)(C)C. The number of hydrogen-bond donors (Lipinski definition) is 2. The zero-order valence-electron chi connectivity index (χ0n) is 14.3. The molecule has 0 spiro atoms. The van der Waals surface area contributed by atoms with Crippen LogP contribution in [0.3, 0.4) is 0 Å². The molecule has 0 bridgehead atoms. The molecule has 20 heavy (non-hydrogen) atoms. The predicted octanol–water partition coefficient (Wildman–Crippen LogP) is 2.84. The highest BCUT2D eigenvalue weighted by Gasteiger charge is 2.36. The van der Waals surface area contributed by atoms with E-state index in [1.165, 1.54) is 0 Å². The fourth-order valence-electron chi connectivity index (χ4n) is 1.50. The van der Waals surface area contributed by atoms with E-state index in [9.17, 15) is 9.59 Å². The van der Waals surface area contributed by atoms with Gasteiger partial charge in [0.05, 0.1) is 0 Å². The summed E-state index contributed by atoms with van der Waals surface area (Å²) in [5.74, 6) is -0.422. The Hall–Kier alpha value is -1.26. The molecule has 0 unspecified atom stereocenters. The molecule has 0 aliphatic carbocycles. The lowest BCUT2D eigenvalue weighted by atomic mass is 9.86. The minimum atomic E-state index is -0.705. The first kappa shape index (κ1) is 18.7. The molecule has 0 rings (SSSR count). The molecule has 0 fully saturated rings. The smallest absolute Gasteiger partial charge is 0.329 e. The summed E-state index contributed by atoms with van der Waals surface area (Å²) in [6.07, 6.45) is 0. The van der Waals surface area contributed by atoms with E-state index in [0.29, 0.717) is 0 Å². The van der Waals surface area contributed by atoms with Gasteiger partial charge in [0.25, 0.3) is 0 Å². The summed E-state index contributed by atoms with van der Waals surface area (Å²) in [4.78, 5) is 24.2. The standard InChI is InChI=1S/C15H30N2O3/c1-13(2,3)10(11(18)20-15(7,8)9)16-12(19)17-14(4,5)6/h10H,1-9H3,(H2,16,17,19)/t10-/m0/s1. The summed E-state index contributed by atoms with van der Waals surface area (Å²) < 4.78 is 5.38. The molecule has 0 heterocycles. The maximum atomic E-state index is 12.2. The molecule has 0 aromatic rings. The average Bonchev–Trinajstić information content (AvgIpc) is 2.05. The molecule has 118 valence electrons. The average molecular weight is 286 g/mol. The molecule has 0 saturated heterocycles. The third-order valence-electron chi connectivity index (χ3n) is 2.27. The minimum Gasteiger partial charge on any atom is -0.458 e. The van der Waals surface area contributed by atoms with Gasteiger partial charge in [-0.2, -0.15) is 0 Å². The predicted molar refractivity (Wildman–Crippen MR) is 80.5 cm³/mol. The molecule has 0 aliphatic rings. The number of carbonyl (C=O) groups is 2. The van der Waals surface area contributed by atoms with E-state index < -0.39 is 23.0 Å². The van der Waals surface area contributed by atoms with Crippen LogP contribution in [0.5, 0.6) is 0 Å². The van der Waals surface area contributed by atoms with Crippen molar-refractivity contribution >= 4 is 12.0 Å². The summed E-state index contributed by atoms with van der Waals surface area (Å²) >= 11 is 0. The van der Waals surface area contributed by atoms with Gasteiger partial charge in [0.15, 0.2) is 0 Å². The Balaban J connectivity index is 4.93. The van der Waals surface area contributed by atoms with Crippen molar-refractivity contribution in [1.29, 1.82) is 0 Å². The van der Waals surface area contributed by atoms with E-state index in [-0.39, 0.29) is 11.6 Å². The van der Waals surface area contributed by atoms with Gasteiger partial charge in [-0.05, 0) is 47.0 Å². The third kappa shape index (κ3) is 8.02. The Morgan fingerprint density at radius 3 is 1.65 bits per heavy atom. The van der Waals surface area contributed by atoms with E-state index in [1.807, 2.05) is 41.5 Å². The van der Waals surface area contributed by atoms with Crippen LogP contribution in [0.25, 0.3) is 0 Å². The van der Waals surface area contributed by atoms with Crippen LogP contribution in [0.4, 0.5) is 4.79 Å². The number of urea groups is 1. The summed E-state index contributed by atoms with van der Waals surface area (Å²) in [5, 5.41) is 5.49. The summed E-state index contributed by atoms with van der Waals surface area (Å²) in [5.41, 5.74) is -1.37. The molecule has 5 nitrogen and oxygen atoms in total. The van der Waals surface area contributed by atoms with Crippen molar-refractivity contribution in [1.82, 2.24) is 10.6 Å². The van der Waals surface area contributed by atoms with Gasteiger partial charge >= 0.3 is 12.0 Å². The van der Waals surface area contributed by atoms with Gasteiger partial charge in [0.1, 0.15) is 11.6 Å². The fraction of sp³-hybridized carbons (Fsp3) is 0.867. The van der Waals surface area contributed by atoms with Crippen LogP contribution < -0.4 is 10.6 Å². The highest BCUT2D eigenvalue weighted by molar-refractivity contribution is 5.84. The number of hydrogen-bond acceptors (Lipinski definition) is 3. The van der Waals surface area contributed by atoms with Crippen molar-refractivity contribution in [3.05, 3.63) is 0 Å². The van der Waals surface area contributed by atoms with Crippen LogP contribution in [0.15, 0.2) is 0 Å². The van der Waals surface area contributed by atoms with Crippen LogP contribution >= 0.6 is 0 Å². The normalized spacial score (nSPS) is 14.4. The number of rotatable bonds is 2. The molecule has 0 aliphatic heterocycles. The second-order valence-corrected chi connectivity index (χ2v) is 8.18. The maximum absolute atomic E-state index is 12.2. The molecule has 5 heteroatoms. The van der Waals surface area contributed by atoms with Crippen molar-refractivity contribution in [3.8, 4) is 0 Å². The first-order valence-corrected chi connectivity index (χ1v) is 6.93. The van der Waals surface area contributed by atoms with Crippen LogP contribution in [0.2, 0.25) is 0 Å². The van der Waals surface area contributed by atoms with Crippen LogP contribution in [0, 0.1) is 5.41 Å². The Bertz CT molecular complexity index is 357. The summed E-state index contributed by atoms with van der Waals surface area (Å²) in [6, 6.07) is -1.08. The molecule has 2 amide bonds. The summed E-state index contributed by atoms with van der Waals surface area (Å²) in [6.45, 7) is 16.7. The highest BCUT2D eigenvalue weighted by atomic mass is 16.6. The van der Waals surface area contributed by atoms with Gasteiger partial charge in [0.2, 0.25) is 0 Å². The van der Waals surface area contributed by atoms with Gasteiger partial charge in [-0.15, -0.1) is 0 Å². The van der Waals surface area contributed by atoms with Crippen LogP contribution in [-0.4, -0.2) is 29.2 Å². The molecule has 0 aromatic heterocycles. The molecule has 0 saturated carbocycles. The Morgan fingerprint density at radius 2 is 1.35 bits per heavy atom. The minimum absolute atomic E-state index is 0.361. The van der Waals surface area contributed by atoms with Crippen LogP contribution in [0.1, 0.15) is 62.3 Å². The van der Waals surface area contributed by atoms with E-state index >= 15 is 0 Å². The first-order valence-electron chi connectivity index (χ1n) is 6.93. The fourth-order valence-corrected chi connectivity index (χ4v) is 1.50. The lowest BCUT2D eigenvalue weighted by molar-refractivity contribution is -0.160. The van der Waals surface area contributed by atoms with E-state index in [2.05, 4.69) is 10.6 Å². The van der Waals surface area contributed by atoms with Crippen molar-refractivity contribution in [2.75, 3.05) is 0 Å².